The molecule has 7 heteroatoms. The van der Waals surface area contributed by atoms with Crippen LogP contribution in [0.25, 0.3) is 0 Å². The summed E-state index contributed by atoms with van der Waals surface area (Å²) < 4.78 is 38.7. The van der Waals surface area contributed by atoms with Gasteiger partial charge < -0.3 is 14.4 Å². The molecule has 2 aliphatic rings. The van der Waals surface area contributed by atoms with Crippen molar-refractivity contribution in [2.24, 2.45) is 5.92 Å². The molecule has 0 spiro atoms. The van der Waals surface area contributed by atoms with Gasteiger partial charge in [0.1, 0.15) is 13.2 Å². The summed E-state index contributed by atoms with van der Waals surface area (Å²) >= 11 is 0. The van der Waals surface area contributed by atoms with Gasteiger partial charge in [-0.15, -0.1) is 0 Å². The Balaban J connectivity index is 1.59. The summed E-state index contributed by atoms with van der Waals surface area (Å²) in [5.41, 5.74) is 0. The molecule has 1 aromatic rings. The maximum atomic E-state index is 12.5. The lowest BCUT2D eigenvalue weighted by Gasteiger charge is -2.34. The topological polar surface area (TPSA) is 67.9 Å². The first-order valence-corrected chi connectivity index (χ1v) is 10.1. The van der Waals surface area contributed by atoms with Crippen molar-refractivity contribution in [3.63, 3.8) is 0 Å². The summed E-state index contributed by atoms with van der Waals surface area (Å²) in [6.45, 7) is 7.89. The van der Waals surface area contributed by atoms with Crippen LogP contribution in [-0.2, 0) is 10.0 Å². The molecule has 2 aliphatic heterocycles. The fourth-order valence-corrected chi connectivity index (χ4v) is 4.31. The smallest absolute Gasteiger partial charge is 0.240 e. The van der Waals surface area contributed by atoms with Gasteiger partial charge in [-0.2, -0.15) is 0 Å². The predicted octanol–water partition coefficient (Wildman–Crippen LogP) is 1.86. The van der Waals surface area contributed by atoms with Crippen LogP contribution in [0.4, 0.5) is 0 Å². The van der Waals surface area contributed by atoms with E-state index in [0.29, 0.717) is 43.2 Å². The third kappa shape index (κ3) is 4.02. The Bertz CT molecular complexity index is 667. The maximum Gasteiger partial charge on any atom is 0.240 e. The molecule has 0 atom stereocenters. The molecule has 3 rings (SSSR count). The van der Waals surface area contributed by atoms with Crippen LogP contribution in [0.5, 0.6) is 11.5 Å². The Morgan fingerprint density at radius 2 is 1.83 bits per heavy atom. The third-order valence-corrected chi connectivity index (χ3v) is 6.19. The fraction of sp³-hybridized carbons (Fsp3) is 0.647. The number of hydrogen-bond donors (Lipinski definition) is 1. The Kier molecular flexibility index (Phi) is 5.32. The van der Waals surface area contributed by atoms with Gasteiger partial charge in [-0.3, -0.25) is 0 Å². The van der Waals surface area contributed by atoms with Crippen molar-refractivity contribution in [3.05, 3.63) is 18.2 Å². The molecule has 1 saturated heterocycles. The lowest BCUT2D eigenvalue weighted by molar-refractivity contribution is 0.150. The molecule has 0 aliphatic carbocycles. The lowest BCUT2D eigenvalue weighted by atomic mass is 9.96. The highest BCUT2D eigenvalue weighted by Crippen LogP contribution is 2.32. The number of hydrogen-bond acceptors (Lipinski definition) is 5. The molecule has 2 heterocycles. The van der Waals surface area contributed by atoms with Crippen LogP contribution in [0, 0.1) is 5.92 Å². The number of nitrogens with zero attached hydrogens (tertiary/aromatic N) is 1. The van der Waals surface area contributed by atoms with Crippen LogP contribution in [0.15, 0.2) is 23.1 Å². The summed E-state index contributed by atoms with van der Waals surface area (Å²) in [5.74, 6) is 1.49. The number of sulfonamides is 1. The number of ether oxygens (including phenoxy) is 2. The van der Waals surface area contributed by atoms with E-state index >= 15 is 0 Å². The van der Waals surface area contributed by atoms with E-state index in [1.165, 1.54) is 6.07 Å². The van der Waals surface area contributed by atoms with Crippen molar-refractivity contribution in [1.82, 2.24) is 9.62 Å². The van der Waals surface area contributed by atoms with Gasteiger partial charge in [0.25, 0.3) is 0 Å². The normalized spacial score (nSPS) is 19.6. The molecule has 0 unspecified atom stereocenters. The van der Waals surface area contributed by atoms with Crippen molar-refractivity contribution in [3.8, 4) is 11.5 Å². The van der Waals surface area contributed by atoms with Gasteiger partial charge >= 0.3 is 0 Å². The second-order valence-electron chi connectivity index (χ2n) is 6.73. The van der Waals surface area contributed by atoms with Crippen LogP contribution in [0.3, 0.4) is 0 Å². The standard InChI is InChI=1S/C17H26N2O4S/c1-13(2)19-7-5-14(6-8-19)12-18-24(20,21)15-3-4-16-17(11-15)23-10-9-22-16/h3-4,11,13-14,18H,5-10,12H2,1-2H3. The molecule has 0 saturated carbocycles. The monoisotopic (exact) mass is 354 g/mol. The molecular formula is C17H26N2O4S. The average Bonchev–Trinajstić information content (AvgIpc) is 2.60. The van der Waals surface area contributed by atoms with Gasteiger partial charge in [-0.25, -0.2) is 13.1 Å². The number of rotatable bonds is 5. The van der Waals surface area contributed by atoms with Gasteiger partial charge in [-0.1, -0.05) is 0 Å². The second-order valence-corrected chi connectivity index (χ2v) is 8.50. The molecule has 0 bridgehead atoms. The van der Waals surface area contributed by atoms with E-state index in [9.17, 15) is 8.42 Å². The molecule has 24 heavy (non-hydrogen) atoms. The van der Waals surface area contributed by atoms with Crippen molar-refractivity contribution < 1.29 is 17.9 Å². The highest BCUT2D eigenvalue weighted by Gasteiger charge is 2.24. The molecule has 1 aromatic carbocycles. The zero-order valence-corrected chi connectivity index (χ0v) is 15.1. The summed E-state index contributed by atoms with van der Waals surface area (Å²) in [5, 5.41) is 0. The van der Waals surface area contributed by atoms with Gasteiger partial charge in [0.15, 0.2) is 11.5 Å². The lowest BCUT2D eigenvalue weighted by Crippen LogP contribution is -2.41. The number of fused-ring (bicyclic) bond motifs is 1. The number of benzene rings is 1. The third-order valence-electron chi connectivity index (χ3n) is 4.77. The van der Waals surface area contributed by atoms with Crippen molar-refractivity contribution in [2.75, 3.05) is 32.8 Å². The minimum absolute atomic E-state index is 0.228. The highest BCUT2D eigenvalue weighted by atomic mass is 32.2. The second kappa shape index (κ2) is 7.29. The van der Waals surface area contributed by atoms with Crippen LogP contribution in [-0.4, -0.2) is 52.2 Å². The summed E-state index contributed by atoms with van der Waals surface area (Å²) in [7, 11) is -3.52. The first-order valence-electron chi connectivity index (χ1n) is 8.59. The van der Waals surface area contributed by atoms with Crippen LogP contribution >= 0.6 is 0 Å². The van der Waals surface area contributed by atoms with E-state index in [-0.39, 0.29) is 4.90 Å². The molecule has 0 amide bonds. The Hall–Kier alpha value is -1.31. The van der Waals surface area contributed by atoms with E-state index in [4.69, 9.17) is 9.47 Å². The Labute approximate surface area is 144 Å². The van der Waals surface area contributed by atoms with Gasteiger partial charge in [0, 0.05) is 18.7 Å². The minimum Gasteiger partial charge on any atom is -0.486 e. The van der Waals surface area contributed by atoms with Crippen molar-refractivity contribution in [1.29, 1.82) is 0 Å². The van der Waals surface area contributed by atoms with Gasteiger partial charge in [0.05, 0.1) is 4.90 Å². The maximum absolute atomic E-state index is 12.5. The van der Waals surface area contributed by atoms with Crippen LogP contribution in [0.2, 0.25) is 0 Å². The molecule has 0 radical (unpaired) electrons. The highest BCUT2D eigenvalue weighted by molar-refractivity contribution is 7.89. The molecule has 1 fully saturated rings. The Morgan fingerprint density at radius 3 is 2.50 bits per heavy atom. The molecule has 134 valence electrons. The zero-order valence-electron chi connectivity index (χ0n) is 14.3. The van der Waals surface area contributed by atoms with Crippen molar-refractivity contribution >= 4 is 10.0 Å². The molecule has 0 aromatic heterocycles. The number of nitrogens with one attached hydrogen (secondary N) is 1. The van der Waals surface area contributed by atoms with Gasteiger partial charge in [-0.05, 0) is 57.8 Å². The van der Waals surface area contributed by atoms with Crippen LogP contribution < -0.4 is 14.2 Å². The number of piperidine rings is 1. The molecular weight excluding hydrogens is 328 g/mol. The van der Waals surface area contributed by atoms with Crippen molar-refractivity contribution in [2.45, 2.75) is 37.6 Å². The molecule has 1 N–H and O–H groups in total. The van der Waals surface area contributed by atoms with E-state index < -0.39 is 10.0 Å². The SMILES string of the molecule is CC(C)N1CCC(CNS(=O)(=O)c2ccc3c(c2)OCCO3)CC1. The van der Waals surface area contributed by atoms with Gasteiger partial charge in [0.2, 0.25) is 10.0 Å². The Morgan fingerprint density at radius 1 is 1.17 bits per heavy atom. The average molecular weight is 354 g/mol. The quantitative estimate of drug-likeness (QED) is 0.874. The zero-order chi connectivity index (χ0) is 17.2. The minimum atomic E-state index is -3.52. The van der Waals surface area contributed by atoms with E-state index in [0.717, 1.165) is 25.9 Å². The van der Waals surface area contributed by atoms with E-state index in [1.807, 2.05) is 0 Å². The van der Waals surface area contributed by atoms with E-state index in [2.05, 4.69) is 23.5 Å². The summed E-state index contributed by atoms with van der Waals surface area (Å²) in [6, 6.07) is 5.32. The van der Waals surface area contributed by atoms with E-state index in [1.54, 1.807) is 12.1 Å². The molecule has 6 nitrogen and oxygen atoms in total. The first-order chi connectivity index (χ1) is 11.5. The predicted molar refractivity (Wildman–Crippen MR) is 92.1 cm³/mol. The number of likely N-dealkylation sites (tertiary alicyclic amines) is 1. The first kappa shape index (κ1) is 17.5. The fourth-order valence-electron chi connectivity index (χ4n) is 3.18. The van der Waals surface area contributed by atoms with Crippen LogP contribution in [0.1, 0.15) is 26.7 Å². The largest absolute Gasteiger partial charge is 0.486 e. The summed E-state index contributed by atoms with van der Waals surface area (Å²) in [6.07, 6.45) is 2.06. The summed E-state index contributed by atoms with van der Waals surface area (Å²) in [4.78, 5) is 2.66.